The summed E-state index contributed by atoms with van der Waals surface area (Å²) >= 11 is 12.5. The van der Waals surface area contributed by atoms with Crippen molar-refractivity contribution in [3.63, 3.8) is 0 Å². The van der Waals surface area contributed by atoms with E-state index in [0.717, 1.165) is 21.9 Å². The molecule has 3 rings (SSSR count). The van der Waals surface area contributed by atoms with Crippen LogP contribution < -0.4 is 4.74 Å². The molecular formula is C18H12Cl2N2O. The van der Waals surface area contributed by atoms with E-state index in [-0.39, 0.29) is 0 Å². The lowest BCUT2D eigenvalue weighted by atomic mass is 10.0. The predicted molar refractivity (Wildman–Crippen MR) is 92.9 cm³/mol. The summed E-state index contributed by atoms with van der Waals surface area (Å²) in [4.78, 5) is 4.25. The topological polar surface area (TPSA) is 45.9 Å². The molecule has 0 saturated heterocycles. The SMILES string of the molecule is CC(C#N)Oc1ccc2c(-c3ccccc3Cl)cnc(Cl)c2c1. The van der Waals surface area contributed by atoms with E-state index in [4.69, 9.17) is 33.2 Å². The van der Waals surface area contributed by atoms with Gasteiger partial charge in [0.05, 0.1) is 0 Å². The van der Waals surface area contributed by atoms with Crippen LogP contribution in [0, 0.1) is 11.3 Å². The molecule has 0 N–H and O–H groups in total. The standard InChI is InChI=1S/C18H12Cl2N2O/c1-11(9-21)23-12-6-7-13-15(8-12)18(20)22-10-16(13)14-4-2-3-5-17(14)19/h2-8,10-11H,1H3. The smallest absolute Gasteiger partial charge is 0.181 e. The number of rotatable bonds is 3. The summed E-state index contributed by atoms with van der Waals surface area (Å²) in [6, 6.07) is 15.1. The Morgan fingerprint density at radius 1 is 1.09 bits per heavy atom. The summed E-state index contributed by atoms with van der Waals surface area (Å²) in [5.41, 5.74) is 1.79. The van der Waals surface area contributed by atoms with Gasteiger partial charge in [0, 0.05) is 27.7 Å². The zero-order valence-electron chi connectivity index (χ0n) is 12.3. The summed E-state index contributed by atoms with van der Waals surface area (Å²) < 4.78 is 5.52. The first-order valence-electron chi connectivity index (χ1n) is 6.99. The Hall–Kier alpha value is -2.28. The maximum atomic E-state index is 8.86. The number of benzene rings is 2. The molecule has 0 aliphatic heterocycles. The highest BCUT2D eigenvalue weighted by Crippen LogP contribution is 2.36. The highest BCUT2D eigenvalue weighted by molar-refractivity contribution is 6.36. The molecule has 3 nitrogen and oxygen atoms in total. The molecule has 23 heavy (non-hydrogen) atoms. The fraction of sp³-hybridized carbons (Fsp3) is 0.111. The first-order chi connectivity index (χ1) is 11.1. The Balaban J connectivity index is 2.18. The van der Waals surface area contributed by atoms with Crippen LogP contribution in [-0.4, -0.2) is 11.1 Å². The summed E-state index contributed by atoms with van der Waals surface area (Å²) in [7, 11) is 0. The average Bonchev–Trinajstić information content (AvgIpc) is 2.56. The molecule has 0 saturated carbocycles. The quantitative estimate of drug-likeness (QED) is 0.590. The van der Waals surface area contributed by atoms with Crippen LogP contribution in [-0.2, 0) is 0 Å². The first-order valence-corrected chi connectivity index (χ1v) is 7.75. The van der Waals surface area contributed by atoms with Gasteiger partial charge in [0.15, 0.2) is 6.10 Å². The average molecular weight is 343 g/mol. The molecule has 0 spiro atoms. The van der Waals surface area contributed by atoms with E-state index in [0.29, 0.717) is 15.9 Å². The van der Waals surface area contributed by atoms with Crippen molar-refractivity contribution in [1.29, 1.82) is 5.26 Å². The molecule has 0 amide bonds. The molecule has 0 bridgehead atoms. The van der Waals surface area contributed by atoms with Gasteiger partial charge >= 0.3 is 0 Å². The molecule has 1 atom stereocenters. The van der Waals surface area contributed by atoms with E-state index >= 15 is 0 Å². The van der Waals surface area contributed by atoms with E-state index in [1.54, 1.807) is 19.2 Å². The molecule has 114 valence electrons. The molecule has 0 aliphatic rings. The highest BCUT2D eigenvalue weighted by atomic mass is 35.5. The monoisotopic (exact) mass is 342 g/mol. The summed E-state index contributed by atoms with van der Waals surface area (Å²) in [5, 5.41) is 11.6. The Labute approximate surface area is 144 Å². The summed E-state index contributed by atoms with van der Waals surface area (Å²) in [6.07, 6.45) is 1.18. The molecular weight excluding hydrogens is 331 g/mol. The van der Waals surface area contributed by atoms with Crippen molar-refractivity contribution in [3.8, 4) is 22.9 Å². The Kier molecular flexibility index (Phi) is 4.38. The van der Waals surface area contributed by atoms with Gasteiger partial charge in [-0.1, -0.05) is 41.4 Å². The van der Waals surface area contributed by atoms with E-state index in [2.05, 4.69) is 4.98 Å². The number of ether oxygens (including phenoxy) is 1. The number of hydrogen-bond acceptors (Lipinski definition) is 3. The molecule has 1 unspecified atom stereocenters. The second-order valence-electron chi connectivity index (χ2n) is 5.04. The van der Waals surface area contributed by atoms with Crippen LogP contribution in [0.2, 0.25) is 10.2 Å². The van der Waals surface area contributed by atoms with E-state index < -0.39 is 6.10 Å². The lowest BCUT2D eigenvalue weighted by molar-refractivity contribution is 0.277. The molecule has 2 aromatic carbocycles. The molecule has 0 aliphatic carbocycles. The van der Waals surface area contributed by atoms with Crippen LogP contribution in [0.5, 0.6) is 5.75 Å². The maximum absolute atomic E-state index is 8.86. The van der Waals surface area contributed by atoms with Crippen molar-refractivity contribution in [2.45, 2.75) is 13.0 Å². The maximum Gasteiger partial charge on any atom is 0.181 e. The summed E-state index contributed by atoms with van der Waals surface area (Å²) in [5.74, 6) is 0.576. The van der Waals surface area contributed by atoms with Crippen LogP contribution in [0.4, 0.5) is 0 Å². The van der Waals surface area contributed by atoms with E-state index in [1.807, 2.05) is 42.5 Å². The van der Waals surface area contributed by atoms with Crippen LogP contribution in [0.3, 0.4) is 0 Å². The summed E-state index contributed by atoms with van der Waals surface area (Å²) in [6.45, 7) is 1.68. The van der Waals surface area contributed by atoms with Crippen molar-refractivity contribution in [1.82, 2.24) is 4.98 Å². The lowest BCUT2D eigenvalue weighted by Gasteiger charge is -2.12. The van der Waals surface area contributed by atoms with Crippen molar-refractivity contribution < 1.29 is 4.74 Å². The Morgan fingerprint density at radius 2 is 1.87 bits per heavy atom. The number of hydrogen-bond donors (Lipinski definition) is 0. The predicted octanol–water partition coefficient (Wildman–Crippen LogP) is 5.50. The van der Waals surface area contributed by atoms with Gasteiger partial charge in [-0.05, 0) is 36.6 Å². The minimum absolute atomic E-state index is 0.380. The number of aromatic nitrogens is 1. The van der Waals surface area contributed by atoms with Crippen LogP contribution in [0.25, 0.3) is 21.9 Å². The van der Waals surface area contributed by atoms with Gasteiger partial charge in [0.1, 0.15) is 17.0 Å². The van der Waals surface area contributed by atoms with Crippen molar-refractivity contribution >= 4 is 34.0 Å². The van der Waals surface area contributed by atoms with Crippen LogP contribution in [0.1, 0.15) is 6.92 Å². The largest absolute Gasteiger partial charge is 0.476 e. The van der Waals surface area contributed by atoms with Gasteiger partial charge in [-0.3, -0.25) is 0 Å². The van der Waals surface area contributed by atoms with Gasteiger partial charge < -0.3 is 4.74 Å². The second kappa shape index (κ2) is 6.45. The third kappa shape index (κ3) is 3.10. The zero-order chi connectivity index (χ0) is 16.4. The lowest BCUT2D eigenvalue weighted by Crippen LogP contribution is -2.07. The minimum Gasteiger partial charge on any atom is -0.476 e. The highest BCUT2D eigenvalue weighted by Gasteiger charge is 2.12. The van der Waals surface area contributed by atoms with Crippen molar-refractivity contribution in [3.05, 3.63) is 58.8 Å². The van der Waals surface area contributed by atoms with Gasteiger partial charge in [0.2, 0.25) is 0 Å². The van der Waals surface area contributed by atoms with Gasteiger partial charge in [0.25, 0.3) is 0 Å². The molecule has 1 aromatic heterocycles. The first kappa shape index (κ1) is 15.6. The fourth-order valence-corrected chi connectivity index (χ4v) is 2.83. The minimum atomic E-state index is -0.536. The Morgan fingerprint density at radius 3 is 2.61 bits per heavy atom. The van der Waals surface area contributed by atoms with Crippen molar-refractivity contribution in [2.75, 3.05) is 0 Å². The molecule has 3 aromatic rings. The number of nitriles is 1. The van der Waals surface area contributed by atoms with E-state index in [9.17, 15) is 0 Å². The zero-order valence-corrected chi connectivity index (χ0v) is 13.8. The van der Waals surface area contributed by atoms with E-state index in [1.165, 1.54) is 0 Å². The van der Waals surface area contributed by atoms with Crippen LogP contribution >= 0.6 is 23.2 Å². The Bertz CT molecular complexity index is 919. The number of fused-ring (bicyclic) bond motifs is 1. The normalized spacial score (nSPS) is 11.9. The van der Waals surface area contributed by atoms with Gasteiger partial charge in [-0.15, -0.1) is 0 Å². The molecule has 0 radical (unpaired) electrons. The molecule has 0 fully saturated rings. The van der Waals surface area contributed by atoms with Crippen LogP contribution in [0.15, 0.2) is 48.7 Å². The number of halogens is 2. The third-order valence-electron chi connectivity index (χ3n) is 3.47. The fourth-order valence-electron chi connectivity index (χ4n) is 2.39. The molecule has 1 heterocycles. The number of nitrogens with zero attached hydrogens (tertiary/aromatic N) is 2. The number of pyridine rings is 1. The van der Waals surface area contributed by atoms with Gasteiger partial charge in [-0.2, -0.15) is 5.26 Å². The second-order valence-corrected chi connectivity index (χ2v) is 5.80. The van der Waals surface area contributed by atoms with Crippen molar-refractivity contribution in [2.24, 2.45) is 0 Å². The third-order valence-corrected chi connectivity index (χ3v) is 4.10. The van der Waals surface area contributed by atoms with Gasteiger partial charge in [-0.25, -0.2) is 4.98 Å². The molecule has 5 heteroatoms.